The molecule has 1 saturated heterocycles. The van der Waals surface area contributed by atoms with Crippen LogP contribution in [0, 0.1) is 29.1 Å². The van der Waals surface area contributed by atoms with E-state index in [4.69, 9.17) is 0 Å². The Morgan fingerprint density at radius 3 is 2.65 bits per heavy atom. The van der Waals surface area contributed by atoms with Crippen LogP contribution in [0.15, 0.2) is 42.8 Å². The number of nitrogens with one attached hydrogen (secondary N) is 3. The normalized spacial score (nSPS) is 28.3. The van der Waals surface area contributed by atoms with E-state index in [1.165, 1.54) is 0 Å². The number of fused-ring (bicyclic) bond motifs is 2. The highest BCUT2D eigenvalue weighted by Crippen LogP contribution is 2.53. The minimum Gasteiger partial charge on any atom is -0.481 e. The topological polar surface area (TPSA) is 117 Å². The lowest BCUT2D eigenvalue weighted by atomic mass is 9.57. The molecule has 1 aromatic rings. The van der Waals surface area contributed by atoms with Gasteiger partial charge in [-0.2, -0.15) is 5.26 Å². The third-order valence-corrected chi connectivity index (χ3v) is 9.76. The summed E-state index contributed by atoms with van der Waals surface area (Å²) in [6, 6.07) is 7.72. The smallest absolute Gasteiger partial charge is 0.314 e. The average molecular weight is 548 g/mol. The number of carboxylic acid groups (broad SMARTS) is 1. The van der Waals surface area contributed by atoms with Crippen molar-refractivity contribution < 1.29 is 14.7 Å². The van der Waals surface area contributed by atoms with Crippen molar-refractivity contribution in [2.45, 2.75) is 75.8 Å². The van der Waals surface area contributed by atoms with Crippen LogP contribution in [0.2, 0.25) is 0 Å². The van der Waals surface area contributed by atoms with E-state index in [9.17, 15) is 20.0 Å². The molecule has 0 radical (unpaired) electrons. The highest BCUT2D eigenvalue weighted by atomic mass is 16.4. The van der Waals surface area contributed by atoms with Crippen molar-refractivity contribution in [3.8, 4) is 6.07 Å². The fourth-order valence-corrected chi connectivity index (χ4v) is 7.66. The summed E-state index contributed by atoms with van der Waals surface area (Å²) in [5.41, 5.74) is 3.19. The van der Waals surface area contributed by atoms with Crippen molar-refractivity contribution in [1.82, 2.24) is 20.9 Å². The van der Waals surface area contributed by atoms with Crippen molar-refractivity contribution >= 4 is 11.9 Å². The molecule has 4 rings (SSSR count). The fourth-order valence-electron chi connectivity index (χ4n) is 7.66. The summed E-state index contributed by atoms with van der Waals surface area (Å²) in [5, 5.41) is 30.1. The van der Waals surface area contributed by atoms with E-state index in [0.29, 0.717) is 24.4 Å². The van der Waals surface area contributed by atoms with Gasteiger partial charge in [0.1, 0.15) is 6.04 Å². The third-order valence-electron chi connectivity index (χ3n) is 9.76. The lowest BCUT2D eigenvalue weighted by molar-refractivity contribution is -0.149. The van der Waals surface area contributed by atoms with Crippen LogP contribution >= 0.6 is 0 Å². The second kappa shape index (κ2) is 12.5. The summed E-state index contributed by atoms with van der Waals surface area (Å²) in [6.07, 6.45) is 6.54. The minimum absolute atomic E-state index is 0.0213. The van der Waals surface area contributed by atoms with Crippen LogP contribution in [0.5, 0.6) is 0 Å². The number of nitriles is 1. The van der Waals surface area contributed by atoms with Crippen LogP contribution in [0.3, 0.4) is 0 Å². The van der Waals surface area contributed by atoms with E-state index in [1.54, 1.807) is 13.1 Å². The number of amides is 1. The zero-order valence-corrected chi connectivity index (χ0v) is 24.3. The van der Waals surface area contributed by atoms with Gasteiger partial charge in [0.2, 0.25) is 0 Å². The molecular formula is C32H45N5O3. The maximum absolute atomic E-state index is 13.6. The highest BCUT2D eigenvalue weighted by molar-refractivity contribution is 5.94. The Kier molecular flexibility index (Phi) is 9.25. The Morgan fingerprint density at radius 2 is 1.98 bits per heavy atom. The first-order valence-corrected chi connectivity index (χ1v) is 14.7. The number of nitrogens with zero attached hydrogens (tertiary/aromatic N) is 2. The van der Waals surface area contributed by atoms with Gasteiger partial charge in [-0.25, -0.2) is 0 Å². The molecular weight excluding hydrogens is 502 g/mol. The van der Waals surface area contributed by atoms with E-state index in [-0.39, 0.29) is 29.8 Å². The largest absolute Gasteiger partial charge is 0.481 e. The molecule has 40 heavy (non-hydrogen) atoms. The second-order valence-electron chi connectivity index (χ2n) is 12.0. The molecule has 8 heteroatoms. The number of hydrogen-bond donors (Lipinski definition) is 4. The Bertz CT molecular complexity index is 1190. The number of allylic oxidation sites excluding steroid dienone is 1. The van der Waals surface area contributed by atoms with Crippen molar-refractivity contribution in [2.24, 2.45) is 17.8 Å². The van der Waals surface area contributed by atoms with Crippen LogP contribution in [0.1, 0.15) is 73.4 Å². The third kappa shape index (κ3) is 5.62. The number of rotatable bonds is 10. The van der Waals surface area contributed by atoms with Crippen LogP contribution in [-0.4, -0.2) is 61.2 Å². The second-order valence-corrected chi connectivity index (χ2v) is 12.0. The first kappa shape index (κ1) is 29.7. The molecule has 216 valence electrons. The molecule has 0 spiro atoms. The van der Waals surface area contributed by atoms with Gasteiger partial charge in [-0.05, 0) is 99.3 Å². The molecule has 1 aliphatic heterocycles. The van der Waals surface area contributed by atoms with Crippen molar-refractivity contribution in [3.63, 3.8) is 0 Å². The van der Waals surface area contributed by atoms with Crippen LogP contribution in [0.25, 0.3) is 0 Å². The lowest BCUT2D eigenvalue weighted by Crippen LogP contribution is -2.51. The van der Waals surface area contributed by atoms with Crippen LogP contribution < -0.4 is 16.0 Å². The summed E-state index contributed by atoms with van der Waals surface area (Å²) in [6.45, 7) is 11.9. The Balaban J connectivity index is 1.66. The standard InChI is InChI=1S/C32H45N5O3/c1-20(36-19-21(2)37-14-6-7-27(37)18-33)17-32(31(39)40)28-12-10-23(22(3)34-4)15-24(28)8-9-25-16-26(30(38)35-5)11-13-29(25)32/h11,13,16,20,23-24,27-28,34,36H,2-3,6-10,12,14-15,17,19H2,1,4-5H3,(H,35,38)(H,39,40)/t20-,23?,24+,27?,28?,32?/m1/s1. The average Bonchev–Trinajstić information content (AvgIpc) is 3.40. The molecule has 6 atom stereocenters. The van der Waals surface area contributed by atoms with Crippen molar-refractivity contribution in [2.75, 3.05) is 27.2 Å². The minimum atomic E-state index is -1.08. The number of carbonyl (C=O) groups excluding carboxylic acids is 1. The van der Waals surface area contributed by atoms with Crippen LogP contribution in [-0.2, 0) is 16.6 Å². The van der Waals surface area contributed by atoms with E-state index < -0.39 is 11.4 Å². The molecule has 2 aliphatic carbocycles. The first-order chi connectivity index (χ1) is 19.2. The lowest BCUT2D eigenvalue weighted by Gasteiger charge is -2.46. The first-order valence-electron chi connectivity index (χ1n) is 14.7. The molecule has 4 N–H and O–H groups in total. The van der Waals surface area contributed by atoms with Gasteiger partial charge in [0.05, 0.1) is 11.5 Å². The van der Waals surface area contributed by atoms with Crippen molar-refractivity contribution in [1.29, 1.82) is 5.26 Å². The quantitative estimate of drug-likeness (QED) is 0.350. The van der Waals surface area contributed by atoms with Crippen molar-refractivity contribution in [3.05, 3.63) is 59.4 Å². The molecule has 8 nitrogen and oxygen atoms in total. The highest BCUT2D eigenvalue weighted by Gasteiger charge is 2.54. The number of hydrogen-bond acceptors (Lipinski definition) is 6. The SMILES string of the molecule is C=C(NC)C1CCC2[C@@H](CCc3cc(C(=O)NC)ccc3C2(C[C@@H](C)NCC(=C)N2CCCC2C#N)C(=O)O)C1. The molecule has 2 fully saturated rings. The number of benzene rings is 1. The van der Waals surface area contributed by atoms with Gasteiger partial charge >= 0.3 is 5.97 Å². The molecule has 4 unspecified atom stereocenters. The molecule has 1 amide bonds. The Labute approximate surface area is 238 Å². The molecule has 0 aromatic heterocycles. The predicted octanol–water partition coefficient (Wildman–Crippen LogP) is 3.95. The summed E-state index contributed by atoms with van der Waals surface area (Å²) in [4.78, 5) is 28.1. The summed E-state index contributed by atoms with van der Waals surface area (Å²) in [7, 11) is 3.52. The molecule has 1 heterocycles. The van der Waals surface area contributed by atoms with Gasteiger partial charge in [0.25, 0.3) is 5.91 Å². The molecule has 1 aromatic carbocycles. The number of likely N-dealkylation sites (tertiary alicyclic amines) is 1. The maximum Gasteiger partial charge on any atom is 0.314 e. The number of aryl methyl sites for hydroxylation is 1. The van der Waals surface area contributed by atoms with E-state index >= 15 is 0 Å². The Morgan fingerprint density at radius 1 is 1.20 bits per heavy atom. The zero-order chi connectivity index (χ0) is 29.0. The van der Waals surface area contributed by atoms with Gasteiger partial charge in [-0.1, -0.05) is 19.2 Å². The molecule has 0 bridgehead atoms. The fraction of sp³-hybridized carbons (Fsp3) is 0.594. The van der Waals surface area contributed by atoms with Gasteiger partial charge in [-0.15, -0.1) is 0 Å². The van der Waals surface area contributed by atoms with Gasteiger partial charge < -0.3 is 26.0 Å². The number of aliphatic carboxylic acids is 1. The predicted molar refractivity (Wildman–Crippen MR) is 157 cm³/mol. The van der Waals surface area contributed by atoms with E-state index in [1.807, 2.05) is 19.2 Å². The van der Waals surface area contributed by atoms with Gasteiger partial charge in [0, 0.05) is 50.2 Å². The van der Waals surface area contributed by atoms with E-state index in [0.717, 1.165) is 74.0 Å². The van der Waals surface area contributed by atoms with Crippen LogP contribution in [0.4, 0.5) is 0 Å². The maximum atomic E-state index is 13.6. The summed E-state index contributed by atoms with van der Waals surface area (Å²) in [5.74, 6) is -0.415. The molecule has 1 saturated carbocycles. The zero-order valence-electron chi connectivity index (χ0n) is 24.3. The summed E-state index contributed by atoms with van der Waals surface area (Å²) >= 11 is 0. The number of carbonyl (C=O) groups is 2. The molecule has 3 aliphatic rings. The van der Waals surface area contributed by atoms with Gasteiger partial charge in [-0.3, -0.25) is 9.59 Å². The summed E-state index contributed by atoms with van der Waals surface area (Å²) < 4.78 is 0. The number of carboxylic acids is 1. The Hall–Kier alpha value is -3.31. The monoisotopic (exact) mass is 547 g/mol. The van der Waals surface area contributed by atoms with E-state index in [2.05, 4.69) is 47.0 Å². The van der Waals surface area contributed by atoms with Gasteiger partial charge in [0.15, 0.2) is 0 Å².